The minimum atomic E-state index is -0.610. The summed E-state index contributed by atoms with van der Waals surface area (Å²) < 4.78 is 0. The van der Waals surface area contributed by atoms with Crippen molar-refractivity contribution in [3.63, 3.8) is 0 Å². The molecule has 96 valence electrons. The van der Waals surface area contributed by atoms with E-state index in [4.69, 9.17) is 0 Å². The van der Waals surface area contributed by atoms with E-state index >= 15 is 0 Å². The lowest BCUT2D eigenvalue weighted by Crippen LogP contribution is -2.49. The number of aromatic nitrogens is 2. The van der Waals surface area contributed by atoms with Crippen molar-refractivity contribution in [3.05, 3.63) is 23.7 Å². The topological polar surface area (TPSA) is 49.2 Å². The third-order valence-corrected chi connectivity index (χ3v) is 4.04. The Bertz CT molecular complexity index is 496. The van der Waals surface area contributed by atoms with Gasteiger partial charge in [0.15, 0.2) is 0 Å². The fourth-order valence-electron chi connectivity index (χ4n) is 3.09. The Morgan fingerprint density at radius 3 is 3.06 bits per heavy atom. The third-order valence-electron chi connectivity index (χ3n) is 4.04. The highest BCUT2D eigenvalue weighted by molar-refractivity contribution is 5.67. The molecule has 0 radical (unpaired) electrons. The predicted octanol–water partition coefficient (Wildman–Crippen LogP) is 1.92. The lowest BCUT2D eigenvalue weighted by molar-refractivity contribution is 0.0492. The third kappa shape index (κ3) is 1.81. The molecule has 1 aliphatic heterocycles. The predicted molar refractivity (Wildman–Crippen MR) is 71.4 cm³/mol. The van der Waals surface area contributed by atoms with Gasteiger partial charge in [-0.1, -0.05) is 12.2 Å². The van der Waals surface area contributed by atoms with Crippen LogP contribution in [-0.4, -0.2) is 33.3 Å². The molecule has 3 rings (SSSR count). The van der Waals surface area contributed by atoms with Gasteiger partial charge in [-0.2, -0.15) is 0 Å². The van der Waals surface area contributed by atoms with Crippen LogP contribution in [0.4, 0.5) is 5.82 Å². The molecule has 0 aromatic carbocycles. The van der Waals surface area contributed by atoms with Crippen LogP contribution in [0.2, 0.25) is 0 Å². The normalized spacial score (nSPS) is 30.6. The van der Waals surface area contributed by atoms with Crippen molar-refractivity contribution in [3.8, 4) is 0 Å². The lowest BCUT2D eigenvalue weighted by atomic mass is 9.97. The first-order valence-electron chi connectivity index (χ1n) is 6.57. The standard InChI is InChI=1S/C14H19N3O/c1-10-15-9-11-5-4-8-17(13(11)16-10)12-6-3-7-14(12,2)18/h4-5,9,12,18H,3,6-8H2,1-2H3/t12?,14-/m0/s1. The number of rotatable bonds is 1. The Morgan fingerprint density at radius 1 is 1.50 bits per heavy atom. The van der Waals surface area contributed by atoms with Gasteiger partial charge in [0.05, 0.1) is 11.6 Å². The van der Waals surface area contributed by atoms with E-state index in [1.54, 1.807) is 0 Å². The van der Waals surface area contributed by atoms with E-state index in [-0.39, 0.29) is 6.04 Å². The number of nitrogens with zero attached hydrogens (tertiary/aromatic N) is 3. The molecule has 0 bridgehead atoms. The smallest absolute Gasteiger partial charge is 0.140 e. The van der Waals surface area contributed by atoms with Gasteiger partial charge in [0, 0.05) is 18.3 Å². The molecule has 1 N–H and O–H groups in total. The zero-order valence-electron chi connectivity index (χ0n) is 10.9. The first-order valence-corrected chi connectivity index (χ1v) is 6.57. The fraction of sp³-hybridized carbons (Fsp3) is 0.571. The van der Waals surface area contributed by atoms with Crippen molar-refractivity contribution < 1.29 is 5.11 Å². The molecule has 2 heterocycles. The maximum atomic E-state index is 10.5. The maximum absolute atomic E-state index is 10.5. The van der Waals surface area contributed by atoms with Gasteiger partial charge in [-0.15, -0.1) is 0 Å². The molecule has 1 aliphatic carbocycles. The van der Waals surface area contributed by atoms with Gasteiger partial charge in [-0.3, -0.25) is 0 Å². The summed E-state index contributed by atoms with van der Waals surface area (Å²) in [7, 11) is 0. The monoisotopic (exact) mass is 245 g/mol. The summed E-state index contributed by atoms with van der Waals surface area (Å²) in [5.74, 6) is 1.75. The van der Waals surface area contributed by atoms with Crippen molar-refractivity contribution in [1.29, 1.82) is 0 Å². The number of aliphatic hydroxyl groups is 1. The minimum absolute atomic E-state index is 0.162. The average molecular weight is 245 g/mol. The van der Waals surface area contributed by atoms with Crippen LogP contribution < -0.4 is 4.90 Å². The minimum Gasteiger partial charge on any atom is -0.388 e. The molecule has 2 aliphatic rings. The second-order valence-corrected chi connectivity index (χ2v) is 5.52. The van der Waals surface area contributed by atoms with Crippen LogP contribution in [0.3, 0.4) is 0 Å². The van der Waals surface area contributed by atoms with Gasteiger partial charge in [-0.25, -0.2) is 9.97 Å². The van der Waals surface area contributed by atoms with Crippen molar-refractivity contribution in [2.75, 3.05) is 11.4 Å². The van der Waals surface area contributed by atoms with Crippen LogP contribution in [-0.2, 0) is 0 Å². The summed E-state index contributed by atoms with van der Waals surface area (Å²) in [6.45, 7) is 4.67. The Labute approximate surface area is 107 Å². The van der Waals surface area contributed by atoms with E-state index in [9.17, 15) is 5.11 Å². The lowest BCUT2D eigenvalue weighted by Gasteiger charge is -2.38. The molecule has 1 unspecified atom stereocenters. The quantitative estimate of drug-likeness (QED) is 0.821. The number of anilines is 1. The second kappa shape index (κ2) is 4.05. The first-order chi connectivity index (χ1) is 8.58. The van der Waals surface area contributed by atoms with Crippen LogP contribution >= 0.6 is 0 Å². The summed E-state index contributed by atoms with van der Waals surface area (Å²) in [5.41, 5.74) is 0.441. The Kier molecular flexibility index (Phi) is 2.63. The molecule has 0 amide bonds. The second-order valence-electron chi connectivity index (χ2n) is 5.52. The summed E-state index contributed by atoms with van der Waals surface area (Å²) in [4.78, 5) is 11.0. The molecule has 1 saturated carbocycles. The van der Waals surface area contributed by atoms with Crippen LogP contribution in [0.1, 0.15) is 37.6 Å². The molecular formula is C14H19N3O. The highest BCUT2D eigenvalue weighted by Gasteiger charge is 2.41. The Morgan fingerprint density at radius 2 is 2.33 bits per heavy atom. The zero-order valence-corrected chi connectivity index (χ0v) is 10.9. The van der Waals surface area contributed by atoms with Crippen molar-refractivity contribution in [2.24, 2.45) is 0 Å². The molecule has 0 saturated heterocycles. The highest BCUT2D eigenvalue weighted by atomic mass is 16.3. The molecule has 4 nitrogen and oxygen atoms in total. The van der Waals surface area contributed by atoms with Crippen LogP contribution in [0.25, 0.3) is 6.08 Å². The van der Waals surface area contributed by atoms with E-state index < -0.39 is 5.60 Å². The molecule has 0 spiro atoms. The van der Waals surface area contributed by atoms with Gasteiger partial charge in [0.2, 0.25) is 0 Å². The summed E-state index contributed by atoms with van der Waals surface area (Å²) in [6, 6.07) is 0.162. The maximum Gasteiger partial charge on any atom is 0.140 e. The van der Waals surface area contributed by atoms with Crippen LogP contribution in [0.5, 0.6) is 0 Å². The molecular weight excluding hydrogens is 226 g/mol. The largest absolute Gasteiger partial charge is 0.388 e. The Balaban J connectivity index is 2.01. The van der Waals surface area contributed by atoms with Crippen molar-refractivity contribution in [2.45, 2.75) is 44.8 Å². The van der Waals surface area contributed by atoms with E-state index in [0.717, 1.165) is 43.0 Å². The zero-order chi connectivity index (χ0) is 12.8. The van der Waals surface area contributed by atoms with Crippen molar-refractivity contribution in [1.82, 2.24) is 9.97 Å². The average Bonchev–Trinajstić information content (AvgIpc) is 2.68. The van der Waals surface area contributed by atoms with Crippen LogP contribution in [0, 0.1) is 6.92 Å². The summed E-state index contributed by atoms with van der Waals surface area (Å²) >= 11 is 0. The molecule has 2 atom stereocenters. The number of hydrogen-bond donors (Lipinski definition) is 1. The van der Waals surface area contributed by atoms with E-state index in [2.05, 4.69) is 27.0 Å². The molecule has 1 aromatic rings. The summed E-state index contributed by atoms with van der Waals surface area (Å²) in [6.07, 6.45) is 9.03. The van der Waals surface area contributed by atoms with Crippen molar-refractivity contribution >= 4 is 11.9 Å². The van der Waals surface area contributed by atoms with E-state index in [0.29, 0.717) is 0 Å². The number of hydrogen-bond acceptors (Lipinski definition) is 4. The SMILES string of the molecule is Cc1ncc2c(n1)N(C1CCC[C@]1(C)O)CC=C2. The number of aryl methyl sites for hydroxylation is 1. The van der Waals surface area contributed by atoms with Gasteiger partial charge in [-0.05, 0) is 33.1 Å². The Hall–Kier alpha value is -1.42. The first kappa shape index (κ1) is 11.7. The molecule has 1 aromatic heterocycles. The van der Waals surface area contributed by atoms with Crippen LogP contribution in [0.15, 0.2) is 12.3 Å². The highest BCUT2D eigenvalue weighted by Crippen LogP contribution is 2.37. The van der Waals surface area contributed by atoms with Gasteiger partial charge < -0.3 is 10.0 Å². The summed E-state index contributed by atoms with van der Waals surface area (Å²) in [5, 5.41) is 10.5. The molecule has 18 heavy (non-hydrogen) atoms. The van der Waals surface area contributed by atoms with Gasteiger partial charge in [0.25, 0.3) is 0 Å². The van der Waals surface area contributed by atoms with E-state index in [1.165, 1.54) is 0 Å². The molecule has 4 heteroatoms. The molecule has 1 fully saturated rings. The number of fused-ring (bicyclic) bond motifs is 1. The fourth-order valence-corrected chi connectivity index (χ4v) is 3.09. The van der Waals surface area contributed by atoms with E-state index in [1.807, 2.05) is 20.0 Å². The van der Waals surface area contributed by atoms with Gasteiger partial charge >= 0.3 is 0 Å². The van der Waals surface area contributed by atoms with Gasteiger partial charge in [0.1, 0.15) is 11.6 Å².